The fourth-order valence-electron chi connectivity index (χ4n) is 2.15. The van der Waals surface area contributed by atoms with Gasteiger partial charge in [-0.05, 0) is 56.3 Å². The number of anilines is 1. The summed E-state index contributed by atoms with van der Waals surface area (Å²) >= 11 is 5.93. The van der Waals surface area contributed by atoms with Crippen LogP contribution < -0.4 is 14.8 Å². The van der Waals surface area contributed by atoms with Crippen LogP contribution >= 0.6 is 11.6 Å². The maximum atomic E-state index is 12.3. The minimum atomic E-state index is -1.00. The zero-order valence-corrected chi connectivity index (χ0v) is 15.5. The lowest BCUT2D eigenvalue weighted by atomic mass is 10.2. The Bertz CT molecular complexity index is 776. The van der Waals surface area contributed by atoms with Crippen LogP contribution in [0.25, 0.3) is 0 Å². The van der Waals surface area contributed by atoms with Gasteiger partial charge in [0.05, 0.1) is 25.0 Å². The summed E-state index contributed by atoms with van der Waals surface area (Å²) in [7, 11) is 1.48. The van der Waals surface area contributed by atoms with Gasteiger partial charge in [0, 0.05) is 5.02 Å². The predicted octanol–water partition coefficient (Wildman–Crippen LogP) is 3.93. The van der Waals surface area contributed by atoms with Crippen molar-refractivity contribution in [2.75, 3.05) is 19.0 Å². The first kappa shape index (κ1) is 19.6. The lowest BCUT2D eigenvalue weighted by Crippen LogP contribution is -2.30. The fraction of sp³-hybridized carbons (Fsp3) is 0.263. The van der Waals surface area contributed by atoms with Crippen LogP contribution in [0.4, 0.5) is 5.69 Å². The third-order valence-electron chi connectivity index (χ3n) is 3.47. The van der Waals surface area contributed by atoms with E-state index in [1.807, 2.05) is 6.92 Å². The first-order valence-corrected chi connectivity index (χ1v) is 8.40. The molecule has 26 heavy (non-hydrogen) atoms. The average Bonchev–Trinajstić information content (AvgIpc) is 2.62. The number of amides is 1. The first-order chi connectivity index (χ1) is 12.4. The van der Waals surface area contributed by atoms with Gasteiger partial charge in [0.25, 0.3) is 5.91 Å². The van der Waals surface area contributed by atoms with Gasteiger partial charge < -0.3 is 19.5 Å². The molecule has 0 saturated carbocycles. The van der Waals surface area contributed by atoms with E-state index >= 15 is 0 Å². The van der Waals surface area contributed by atoms with Gasteiger partial charge in [-0.15, -0.1) is 0 Å². The fourth-order valence-corrected chi connectivity index (χ4v) is 2.32. The van der Waals surface area contributed by atoms with Crippen molar-refractivity contribution in [1.29, 1.82) is 0 Å². The second-order valence-electron chi connectivity index (χ2n) is 5.34. The van der Waals surface area contributed by atoms with Crippen LogP contribution in [0.1, 0.15) is 24.2 Å². The molecule has 1 N–H and O–H groups in total. The van der Waals surface area contributed by atoms with Crippen LogP contribution in [0.5, 0.6) is 11.5 Å². The number of hydrogen-bond donors (Lipinski definition) is 1. The van der Waals surface area contributed by atoms with Gasteiger partial charge in [-0.3, -0.25) is 4.79 Å². The minimum absolute atomic E-state index is 0.327. The quantitative estimate of drug-likeness (QED) is 0.740. The Kier molecular flexibility index (Phi) is 6.86. The molecule has 0 bridgehead atoms. The van der Waals surface area contributed by atoms with Crippen molar-refractivity contribution < 1.29 is 23.8 Å². The highest BCUT2D eigenvalue weighted by Crippen LogP contribution is 2.27. The molecule has 0 radical (unpaired) electrons. The molecule has 0 fully saturated rings. The minimum Gasteiger partial charge on any atom is -0.495 e. The number of nitrogens with one attached hydrogen (secondary N) is 1. The van der Waals surface area contributed by atoms with Gasteiger partial charge in [0.2, 0.25) is 0 Å². The summed E-state index contributed by atoms with van der Waals surface area (Å²) in [5.74, 6) is 0.00860. The summed E-state index contributed by atoms with van der Waals surface area (Å²) in [6.45, 7) is 3.89. The van der Waals surface area contributed by atoms with E-state index in [0.29, 0.717) is 34.4 Å². The molecule has 0 saturated heterocycles. The van der Waals surface area contributed by atoms with Gasteiger partial charge in [0.15, 0.2) is 6.10 Å². The Morgan fingerprint density at radius 3 is 2.46 bits per heavy atom. The molecule has 7 heteroatoms. The molecule has 138 valence electrons. The van der Waals surface area contributed by atoms with E-state index in [9.17, 15) is 9.59 Å². The lowest BCUT2D eigenvalue weighted by molar-refractivity contribution is -0.123. The second kappa shape index (κ2) is 9.10. The molecule has 2 rings (SSSR count). The van der Waals surface area contributed by atoms with Crippen molar-refractivity contribution in [2.24, 2.45) is 0 Å². The summed E-state index contributed by atoms with van der Waals surface area (Å²) in [5.41, 5.74) is 0.724. The second-order valence-corrected chi connectivity index (χ2v) is 5.78. The zero-order chi connectivity index (χ0) is 19.1. The van der Waals surface area contributed by atoms with Crippen LogP contribution in [-0.2, 0) is 9.53 Å². The van der Waals surface area contributed by atoms with E-state index in [4.69, 9.17) is 25.8 Å². The van der Waals surface area contributed by atoms with Crippen molar-refractivity contribution in [3.8, 4) is 11.5 Å². The maximum Gasteiger partial charge on any atom is 0.338 e. The summed E-state index contributed by atoms with van der Waals surface area (Å²) < 4.78 is 15.7. The van der Waals surface area contributed by atoms with Crippen molar-refractivity contribution in [2.45, 2.75) is 20.0 Å². The standard InChI is InChI=1S/C19H20ClNO5/c1-4-25-15-8-5-13(6-9-15)19(23)26-12(2)18(22)21-16-11-14(20)7-10-17(16)24-3/h5-12H,4H2,1-3H3,(H,21,22)/t12-/m0/s1. The highest BCUT2D eigenvalue weighted by atomic mass is 35.5. The van der Waals surface area contributed by atoms with Crippen LogP contribution in [0, 0.1) is 0 Å². The van der Waals surface area contributed by atoms with E-state index in [1.54, 1.807) is 42.5 Å². The maximum absolute atomic E-state index is 12.3. The number of rotatable bonds is 7. The van der Waals surface area contributed by atoms with Crippen LogP contribution in [0.15, 0.2) is 42.5 Å². The number of ether oxygens (including phenoxy) is 3. The molecule has 0 aliphatic rings. The Hall–Kier alpha value is -2.73. The van der Waals surface area contributed by atoms with Crippen LogP contribution in [0.2, 0.25) is 5.02 Å². The largest absolute Gasteiger partial charge is 0.495 e. The summed E-state index contributed by atoms with van der Waals surface area (Å²) in [5, 5.41) is 3.08. The molecule has 1 atom stereocenters. The number of halogens is 1. The van der Waals surface area contributed by atoms with E-state index in [2.05, 4.69) is 5.32 Å². The van der Waals surface area contributed by atoms with Crippen molar-refractivity contribution in [3.63, 3.8) is 0 Å². The molecule has 2 aromatic carbocycles. The molecule has 0 aromatic heterocycles. The highest BCUT2D eigenvalue weighted by molar-refractivity contribution is 6.31. The molecule has 0 spiro atoms. The van der Waals surface area contributed by atoms with Crippen molar-refractivity contribution >= 4 is 29.2 Å². The molecular formula is C19H20ClNO5. The highest BCUT2D eigenvalue weighted by Gasteiger charge is 2.20. The molecule has 0 aliphatic carbocycles. The summed E-state index contributed by atoms with van der Waals surface area (Å²) in [6, 6.07) is 11.3. The molecule has 2 aromatic rings. The Balaban J connectivity index is 2.00. The van der Waals surface area contributed by atoms with Gasteiger partial charge in [-0.2, -0.15) is 0 Å². The van der Waals surface area contributed by atoms with Gasteiger partial charge in [-0.1, -0.05) is 11.6 Å². The van der Waals surface area contributed by atoms with Gasteiger partial charge >= 0.3 is 5.97 Å². The van der Waals surface area contributed by atoms with E-state index in [0.717, 1.165) is 0 Å². The lowest BCUT2D eigenvalue weighted by Gasteiger charge is -2.15. The van der Waals surface area contributed by atoms with Gasteiger partial charge in [-0.25, -0.2) is 4.79 Å². The molecule has 1 amide bonds. The van der Waals surface area contributed by atoms with Crippen LogP contribution in [-0.4, -0.2) is 31.7 Å². The van der Waals surface area contributed by atoms with Crippen molar-refractivity contribution in [1.82, 2.24) is 0 Å². The number of methoxy groups -OCH3 is 1. The normalized spacial score (nSPS) is 11.4. The van der Waals surface area contributed by atoms with Crippen molar-refractivity contribution in [3.05, 3.63) is 53.1 Å². The number of carbonyl (C=O) groups is 2. The molecular weight excluding hydrogens is 358 g/mol. The molecule has 0 unspecified atom stereocenters. The van der Waals surface area contributed by atoms with E-state index in [-0.39, 0.29) is 0 Å². The molecule has 0 heterocycles. The van der Waals surface area contributed by atoms with Crippen LogP contribution in [0.3, 0.4) is 0 Å². The summed E-state index contributed by atoms with van der Waals surface area (Å²) in [4.78, 5) is 24.5. The third-order valence-corrected chi connectivity index (χ3v) is 3.71. The Morgan fingerprint density at radius 2 is 1.85 bits per heavy atom. The smallest absolute Gasteiger partial charge is 0.338 e. The zero-order valence-electron chi connectivity index (χ0n) is 14.7. The third kappa shape index (κ3) is 5.13. The molecule has 0 aliphatic heterocycles. The number of carbonyl (C=O) groups excluding carboxylic acids is 2. The monoisotopic (exact) mass is 377 g/mol. The average molecular weight is 378 g/mol. The topological polar surface area (TPSA) is 73.9 Å². The van der Waals surface area contributed by atoms with E-state index in [1.165, 1.54) is 14.0 Å². The first-order valence-electron chi connectivity index (χ1n) is 8.02. The SMILES string of the molecule is CCOc1ccc(C(=O)O[C@@H](C)C(=O)Nc2cc(Cl)ccc2OC)cc1. The number of benzene rings is 2. The summed E-state index contributed by atoms with van der Waals surface area (Å²) in [6.07, 6.45) is -1.00. The van der Waals surface area contributed by atoms with E-state index < -0.39 is 18.0 Å². The van der Waals surface area contributed by atoms with Gasteiger partial charge in [0.1, 0.15) is 11.5 Å². The predicted molar refractivity (Wildman–Crippen MR) is 99.1 cm³/mol. The number of esters is 1. The Morgan fingerprint density at radius 1 is 1.15 bits per heavy atom. The number of hydrogen-bond acceptors (Lipinski definition) is 5. The Labute approximate surface area is 157 Å². The molecule has 6 nitrogen and oxygen atoms in total.